The molecule has 4 heterocycles. The monoisotopic (exact) mass is 466 g/mol. The molecule has 1 saturated carbocycles. The van der Waals surface area contributed by atoms with Gasteiger partial charge in [0.15, 0.2) is 0 Å². The molecule has 0 radical (unpaired) electrons. The summed E-state index contributed by atoms with van der Waals surface area (Å²) in [4.78, 5) is 43.7. The Bertz CT molecular complexity index is 1000. The lowest BCUT2D eigenvalue weighted by atomic mass is 9.87. The minimum absolute atomic E-state index is 0.148. The summed E-state index contributed by atoms with van der Waals surface area (Å²) in [5.41, 5.74) is 2.63. The predicted molar refractivity (Wildman–Crippen MR) is 127 cm³/mol. The number of piperazine rings is 1. The van der Waals surface area contributed by atoms with Gasteiger partial charge in [-0.1, -0.05) is 32.1 Å². The first-order valence-electron chi connectivity index (χ1n) is 13.0. The van der Waals surface area contributed by atoms with E-state index in [-0.39, 0.29) is 24.1 Å². The van der Waals surface area contributed by atoms with Crippen molar-refractivity contribution in [2.45, 2.75) is 70.0 Å². The lowest BCUT2D eigenvalue weighted by Gasteiger charge is -2.46. The molecule has 34 heavy (non-hydrogen) atoms. The van der Waals surface area contributed by atoms with Gasteiger partial charge in [-0.15, -0.1) is 0 Å². The smallest absolute Gasteiger partial charge is 0.255 e. The van der Waals surface area contributed by atoms with E-state index in [9.17, 15) is 14.4 Å². The molecule has 8 heteroatoms. The van der Waals surface area contributed by atoms with Gasteiger partial charge < -0.3 is 14.5 Å². The number of carbonyl (C=O) groups excluding carboxylic acids is 3. The lowest BCUT2D eigenvalue weighted by molar-refractivity contribution is -0.136. The van der Waals surface area contributed by atoms with Crippen LogP contribution in [0.1, 0.15) is 67.3 Å². The molecule has 1 aromatic carbocycles. The molecule has 3 fully saturated rings. The zero-order valence-corrected chi connectivity index (χ0v) is 19.8. The van der Waals surface area contributed by atoms with Gasteiger partial charge in [0.2, 0.25) is 11.8 Å². The van der Waals surface area contributed by atoms with Crippen molar-refractivity contribution in [2.24, 2.45) is 5.92 Å². The van der Waals surface area contributed by atoms with Crippen LogP contribution in [0.2, 0.25) is 0 Å². The van der Waals surface area contributed by atoms with Gasteiger partial charge in [0.1, 0.15) is 18.4 Å². The van der Waals surface area contributed by atoms with Crippen LogP contribution in [0, 0.1) is 5.92 Å². The van der Waals surface area contributed by atoms with Crippen molar-refractivity contribution < 1.29 is 19.1 Å². The second-order valence-electron chi connectivity index (χ2n) is 10.6. The van der Waals surface area contributed by atoms with E-state index in [2.05, 4.69) is 21.2 Å². The molecule has 2 saturated heterocycles. The largest absolute Gasteiger partial charge is 0.489 e. The molecule has 4 aliphatic heterocycles. The fraction of sp³-hybridized carbons (Fsp3) is 0.654. The normalized spacial score (nSPS) is 27.7. The van der Waals surface area contributed by atoms with Crippen molar-refractivity contribution in [1.82, 2.24) is 15.1 Å². The van der Waals surface area contributed by atoms with E-state index in [1.165, 1.54) is 45.1 Å². The zero-order chi connectivity index (χ0) is 23.2. The molecule has 8 nitrogen and oxygen atoms in total. The summed E-state index contributed by atoms with van der Waals surface area (Å²) < 4.78 is 6.16. The van der Waals surface area contributed by atoms with Crippen molar-refractivity contribution in [3.8, 4) is 5.75 Å². The molecule has 1 aliphatic carbocycles. The standard InChI is InChI=1S/C26H34N4O4/c31-24-7-6-21(25(32)27-24)30-14-18-12-22-23(13-20(18)26(30)33)34-16-19-15-28(10-11-29(19)22)9-8-17-4-2-1-3-5-17/h12-13,17,19,21H,1-11,14-16H2,(H,27,31,32)/t19-,21-/m0/s1. The molecule has 3 amide bonds. The van der Waals surface area contributed by atoms with Crippen molar-refractivity contribution >= 4 is 23.4 Å². The topological polar surface area (TPSA) is 82.2 Å². The van der Waals surface area contributed by atoms with E-state index >= 15 is 0 Å². The number of carbonyl (C=O) groups is 3. The summed E-state index contributed by atoms with van der Waals surface area (Å²) in [5.74, 6) is 0.887. The van der Waals surface area contributed by atoms with E-state index in [4.69, 9.17) is 4.74 Å². The van der Waals surface area contributed by atoms with Crippen LogP contribution in [-0.2, 0) is 16.1 Å². The van der Waals surface area contributed by atoms with Crippen LogP contribution in [0.25, 0.3) is 0 Å². The number of fused-ring (bicyclic) bond motifs is 4. The molecule has 0 spiro atoms. The number of nitrogens with one attached hydrogen (secondary N) is 1. The molecule has 0 bridgehead atoms. The van der Waals surface area contributed by atoms with E-state index in [0.29, 0.717) is 31.2 Å². The van der Waals surface area contributed by atoms with E-state index in [1.807, 2.05) is 6.07 Å². The molecule has 6 rings (SSSR count). The first-order valence-corrected chi connectivity index (χ1v) is 13.0. The Morgan fingerprint density at radius 1 is 1.00 bits per heavy atom. The van der Waals surface area contributed by atoms with Gasteiger partial charge in [-0.25, -0.2) is 0 Å². The van der Waals surface area contributed by atoms with Crippen LogP contribution in [-0.4, -0.2) is 72.4 Å². The highest BCUT2D eigenvalue weighted by atomic mass is 16.5. The number of ether oxygens (including phenoxy) is 1. The van der Waals surface area contributed by atoms with Crippen LogP contribution in [0.3, 0.4) is 0 Å². The van der Waals surface area contributed by atoms with Gasteiger partial charge in [-0.2, -0.15) is 0 Å². The van der Waals surface area contributed by atoms with Crippen LogP contribution in [0.4, 0.5) is 5.69 Å². The van der Waals surface area contributed by atoms with Gasteiger partial charge in [0.25, 0.3) is 5.91 Å². The number of hydrogen-bond acceptors (Lipinski definition) is 6. The second kappa shape index (κ2) is 8.87. The molecular formula is C26H34N4O4. The maximum atomic E-state index is 13.1. The molecular weight excluding hydrogens is 432 g/mol. The third-order valence-corrected chi connectivity index (χ3v) is 8.49. The van der Waals surface area contributed by atoms with Gasteiger partial charge in [-0.3, -0.25) is 24.6 Å². The van der Waals surface area contributed by atoms with Crippen LogP contribution < -0.4 is 15.0 Å². The Labute approximate surface area is 200 Å². The third-order valence-electron chi connectivity index (χ3n) is 8.49. The summed E-state index contributed by atoms with van der Waals surface area (Å²) >= 11 is 0. The molecule has 0 unspecified atom stereocenters. The number of benzene rings is 1. The average molecular weight is 467 g/mol. The number of piperidine rings is 1. The second-order valence-corrected chi connectivity index (χ2v) is 10.6. The summed E-state index contributed by atoms with van der Waals surface area (Å²) in [6.45, 7) is 5.26. The number of imide groups is 1. The van der Waals surface area contributed by atoms with E-state index in [1.54, 1.807) is 4.90 Å². The average Bonchev–Trinajstić information content (AvgIpc) is 3.17. The highest BCUT2D eigenvalue weighted by molar-refractivity contribution is 6.05. The Kier molecular flexibility index (Phi) is 5.71. The molecule has 0 aromatic heterocycles. The third kappa shape index (κ3) is 3.96. The van der Waals surface area contributed by atoms with Crippen LogP contribution in [0.5, 0.6) is 5.75 Å². The Hall–Kier alpha value is -2.61. The summed E-state index contributed by atoms with van der Waals surface area (Å²) in [7, 11) is 0. The Morgan fingerprint density at radius 2 is 1.85 bits per heavy atom. The summed E-state index contributed by atoms with van der Waals surface area (Å²) in [5, 5.41) is 2.37. The van der Waals surface area contributed by atoms with Crippen LogP contribution >= 0.6 is 0 Å². The maximum absolute atomic E-state index is 13.1. The van der Waals surface area contributed by atoms with Gasteiger partial charge in [0, 0.05) is 38.2 Å². The summed E-state index contributed by atoms with van der Waals surface area (Å²) in [6.07, 6.45) is 8.98. The number of anilines is 1. The molecule has 1 N–H and O–H groups in total. The molecule has 5 aliphatic rings. The number of amides is 3. The SMILES string of the molecule is O=C1CC[C@H](N2Cc3cc4c(cc3C2=O)OC[C@@H]2CN(CCC3CCCCC3)CCN42)C(=O)N1. The van der Waals surface area contributed by atoms with Crippen LogP contribution in [0.15, 0.2) is 12.1 Å². The molecule has 1 aromatic rings. The maximum Gasteiger partial charge on any atom is 0.255 e. The first kappa shape index (κ1) is 21.9. The lowest BCUT2D eigenvalue weighted by Crippen LogP contribution is -2.57. The fourth-order valence-corrected chi connectivity index (χ4v) is 6.53. The molecule has 2 atom stereocenters. The van der Waals surface area contributed by atoms with Gasteiger partial charge in [0.05, 0.1) is 11.7 Å². The zero-order valence-electron chi connectivity index (χ0n) is 19.8. The highest BCUT2D eigenvalue weighted by Gasteiger charge is 2.41. The number of hydrogen-bond donors (Lipinski definition) is 1. The van der Waals surface area contributed by atoms with Gasteiger partial charge >= 0.3 is 0 Å². The van der Waals surface area contributed by atoms with E-state index in [0.717, 1.165) is 42.6 Å². The highest BCUT2D eigenvalue weighted by Crippen LogP contribution is 2.41. The number of rotatable bonds is 4. The predicted octanol–water partition coefficient (Wildman–Crippen LogP) is 2.30. The quantitative estimate of drug-likeness (QED) is 0.686. The van der Waals surface area contributed by atoms with E-state index < -0.39 is 6.04 Å². The first-order chi connectivity index (χ1) is 16.6. The minimum atomic E-state index is -0.587. The van der Waals surface area contributed by atoms with Crippen molar-refractivity contribution in [1.29, 1.82) is 0 Å². The van der Waals surface area contributed by atoms with Crippen molar-refractivity contribution in [3.05, 3.63) is 23.3 Å². The fourth-order valence-electron chi connectivity index (χ4n) is 6.53. The number of nitrogens with zero attached hydrogens (tertiary/aromatic N) is 3. The Balaban J connectivity index is 1.14. The minimum Gasteiger partial charge on any atom is -0.489 e. The van der Waals surface area contributed by atoms with Gasteiger partial charge in [-0.05, 0) is 43.0 Å². The Morgan fingerprint density at radius 3 is 2.68 bits per heavy atom. The van der Waals surface area contributed by atoms with Crippen molar-refractivity contribution in [3.63, 3.8) is 0 Å². The summed E-state index contributed by atoms with van der Waals surface area (Å²) in [6, 6.07) is 3.70. The van der Waals surface area contributed by atoms with Crippen molar-refractivity contribution in [2.75, 3.05) is 37.7 Å². The molecule has 182 valence electrons.